The first-order chi connectivity index (χ1) is 14.3. The smallest absolute Gasteiger partial charge is 0.261 e. The van der Waals surface area contributed by atoms with Crippen molar-refractivity contribution in [1.29, 1.82) is 0 Å². The summed E-state index contributed by atoms with van der Waals surface area (Å²) in [6, 6.07) is 17.1. The Kier molecular flexibility index (Phi) is 6.49. The lowest BCUT2D eigenvalue weighted by Gasteiger charge is -2.14. The largest absolute Gasteiger partial charge is 0.496 e. The van der Waals surface area contributed by atoms with Crippen molar-refractivity contribution in [2.75, 3.05) is 24.3 Å². The molecule has 0 spiro atoms. The van der Waals surface area contributed by atoms with E-state index in [1.165, 1.54) is 50.6 Å². The zero-order chi connectivity index (χ0) is 21.7. The molecule has 0 aliphatic heterocycles. The van der Waals surface area contributed by atoms with Crippen molar-refractivity contribution in [3.05, 3.63) is 77.3 Å². The van der Waals surface area contributed by atoms with Crippen molar-refractivity contribution in [2.45, 2.75) is 4.90 Å². The summed E-state index contributed by atoms with van der Waals surface area (Å²) >= 11 is 5.82. The second kappa shape index (κ2) is 9.06. The molecule has 0 saturated heterocycles. The maximum absolute atomic E-state index is 12.7. The van der Waals surface area contributed by atoms with Gasteiger partial charge in [0.2, 0.25) is 0 Å². The SMILES string of the molecule is COc1ccc(NS(=O)(=O)c2ccc(Cl)cc2)cc1NC(=O)c1ccccc1OC. The summed E-state index contributed by atoms with van der Waals surface area (Å²) < 4.78 is 38.2. The van der Waals surface area contributed by atoms with E-state index < -0.39 is 15.9 Å². The minimum Gasteiger partial charge on any atom is -0.496 e. The Hall–Kier alpha value is -3.23. The molecule has 0 heterocycles. The molecule has 0 aromatic heterocycles. The van der Waals surface area contributed by atoms with E-state index in [4.69, 9.17) is 21.1 Å². The molecule has 2 N–H and O–H groups in total. The van der Waals surface area contributed by atoms with Gasteiger partial charge in [0.05, 0.1) is 36.1 Å². The summed E-state index contributed by atoms with van der Waals surface area (Å²) in [5.74, 6) is 0.352. The van der Waals surface area contributed by atoms with Gasteiger partial charge in [-0.15, -0.1) is 0 Å². The van der Waals surface area contributed by atoms with E-state index in [-0.39, 0.29) is 10.6 Å². The van der Waals surface area contributed by atoms with Gasteiger partial charge in [-0.25, -0.2) is 8.42 Å². The van der Waals surface area contributed by atoms with Crippen LogP contribution < -0.4 is 19.5 Å². The van der Waals surface area contributed by atoms with Gasteiger partial charge in [0.15, 0.2) is 0 Å². The van der Waals surface area contributed by atoms with Crippen LogP contribution in [0.25, 0.3) is 0 Å². The van der Waals surface area contributed by atoms with E-state index in [9.17, 15) is 13.2 Å². The Morgan fingerprint density at radius 2 is 1.57 bits per heavy atom. The average Bonchev–Trinajstić information content (AvgIpc) is 2.74. The van der Waals surface area contributed by atoms with Crippen molar-refractivity contribution in [1.82, 2.24) is 0 Å². The molecule has 156 valence electrons. The number of carbonyl (C=O) groups excluding carboxylic acids is 1. The number of hydrogen-bond donors (Lipinski definition) is 2. The van der Waals surface area contributed by atoms with Gasteiger partial charge in [0.25, 0.3) is 15.9 Å². The molecule has 3 rings (SSSR count). The third-order valence-corrected chi connectivity index (χ3v) is 5.82. The number of carbonyl (C=O) groups is 1. The van der Waals surface area contributed by atoms with Gasteiger partial charge < -0.3 is 14.8 Å². The van der Waals surface area contributed by atoms with Crippen molar-refractivity contribution >= 4 is 38.9 Å². The van der Waals surface area contributed by atoms with E-state index >= 15 is 0 Å². The summed E-state index contributed by atoms with van der Waals surface area (Å²) in [7, 11) is -0.919. The molecule has 0 atom stereocenters. The van der Waals surface area contributed by atoms with Crippen LogP contribution in [-0.4, -0.2) is 28.5 Å². The van der Waals surface area contributed by atoms with E-state index in [2.05, 4.69) is 10.0 Å². The molecule has 0 aliphatic carbocycles. The fourth-order valence-electron chi connectivity index (χ4n) is 2.72. The summed E-state index contributed by atoms with van der Waals surface area (Å²) in [4.78, 5) is 12.8. The quantitative estimate of drug-likeness (QED) is 0.560. The number of sulfonamides is 1. The van der Waals surface area contributed by atoms with Gasteiger partial charge in [-0.05, 0) is 54.6 Å². The summed E-state index contributed by atoms with van der Waals surface area (Å²) in [6.45, 7) is 0. The molecule has 0 bridgehead atoms. The number of para-hydroxylation sites is 1. The third-order valence-electron chi connectivity index (χ3n) is 4.18. The number of benzene rings is 3. The maximum atomic E-state index is 12.7. The molecule has 0 unspecified atom stereocenters. The summed E-state index contributed by atoms with van der Waals surface area (Å²) in [6.07, 6.45) is 0. The van der Waals surface area contributed by atoms with Gasteiger partial charge in [-0.3, -0.25) is 9.52 Å². The van der Waals surface area contributed by atoms with Crippen LogP contribution in [0.3, 0.4) is 0 Å². The predicted molar refractivity (Wildman–Crippen MR) is 116 cm³/mol. The molecule has 30 heavy (non-hydrogen) atoms. The molecular weight excluding hydrogens is 428 g/mol. The van der Waals surface area contributed by atoms with Crippen LogP contribution in [-0.2, 0) is 10.0 Å². The first-order valence-electron chi connectivity index (χ1n) is 8.75. The van der Waals surface area contributed by atoms with E-state index in [1.54, 1.807) is 30.3 Å². The standard InChI is InChI=1S/C21H19ClN2O5S/c1-28-19-6-4-3-5-17(19)21(25)23-18-13-15(9-12-20(18)29-2)24-30(26,27)16-10-7-14(22)8-11-16/h3-13,24H,1-2H3,(H,23,25). The normalized spacial score (nSPS) is 10.9. The Morgan fingerprint density at radius 3 is 2.23 bits per heavy atom. The summed E-state index contributed by atoms with van der Waals surface area (Å²) in [5.41, 5.74) is 0.875. The lowest BCUT2D eigenvalue weighted by molar-refractivity contribution is 0.102. The average molecular weight is 447 g/mol. The van der Waals surface area contributed by atoms with Crippen LogP contribution in [0.1, 0.15) is 10.4 Å². The van der Waals surface area contributed by atoms with Crippen LogP contribution in [0.15, 0.2) is 71.6 Å². The number of anilines is 2. The van der Waals surface area contributed by atoms with E-state index in [0.29, 0.717) is 27.8 Å². The van der Waals surface area contributed by atoms with Gasteiger partial charge >= 0.3 is 0 Å². The van der Waals surface area contributed by atoms with Gasteiger partial charge in [-0.2, -0.15) is 0 Å². The topological polar surface area (TPSA) is 93.7 Å². The highest BCUT2D eigenvalue weighted by molar-refractivity contribution is 7.92. The highest BCUT2D eigenvalue weighted by atomic mass is 35.5. The highest BCUT2D eigenvalue weighted by Gasteiger charge is 2.17. The number of nitrogens with one attached hydrogen (secondary N) is 2. The Balaban J connectivity index is 1.88. The number of ether oxygens (including phenoxy) is 2. The van der Waals surface area contributed by atoms with Crippen LogP contribution in [0, 0.1) is 0 Å². The first-order valence-corrected chi connectivity index (χ1v) is 10.6. The zero-order valence-corrected chi connectivity index (χ0v) is 17.8. The van der Waals surface area contributed by atoms with Gasteiger partial charge in [0.1, 0.15) is 11.5 Å². The molecule has 0 aliphatic rings. The number of halogens is 1. The van der Waals surface area contributed by atoms with Crippen molar-refractivity contribution in [3.8, 4) is 11.5 Å². The number of rotatable bonds is 7. The van der Waals surface area contributed by atoms with Crippen LogP contribution in [0.4, 0.5) is 11.4 Å². The molecule has 3 aromatic rings. The fourth-order valence-corrected chi connectivity index (χ4v) is 3.89. The molecule has 1 amide bonds. The predicted octanol–water partition coefficient (Wildman–Crippen LogP) is 4.41. The lowest BCUT2D eigenvalue weighted by Crippen LogP contribution is -2.15. The molecule has 0 radical (unpaired) electrons. The minimum atomic E-state index is -3.84. The summed E-state index contributed by atoms with van der Waals surface area (Å²) in [5, 5.41) is 3.16. The molecule has 0 saturated carbocycles. The third kappa shape index (κ3) is 4.84. The van der Waals surface area contributed by atoms with Crippen molar-refractivity contribution in [2.24, 2.45) is 0 Å². The van der Waals surface area contributed by atoms with Crippen molar-refractivity contribution in [3.63, 3.8) is 0 Å². The minimum absolute atomic E-state index is 0.0577. The maximum Gasteiger partial charge on any atom is 0.261 e. The molecular formula is C21H19ClN2O5S. The van der Waals surface area contributed by atoms with Crippen molar-refractivity contribution < 1.29 is 22.7 Å². The van der Waals surface area contributed by atoms with Gasteiger partial charge in [-0.1, -0.05) is 23.7 Å². The lowest BCUT2D eigenvalue weighted by atomic mass is 10.1. The number of amides is 1. The Morgan fingerprint density at radius 1 is 0.900 bits per heavy atom. The molecule has 3 aromatic carbocycles. The van der Waals surface area contributed by atoms with Crippen LogP contribution in [0.2, 0.25) is 5.02 Å². The van der Waals surface area contributed by atoms with E-state index in [1.807, 2.05) is 0 Å². The molecule has 7 nitrogen and oxygen atoms in total. The molecule has 9 heteroatoms. The first kappa shape index (κ1) is 21.5. The second-order valence-electron chi connectivity index (χ2n) is 6.13. The highest BCUT2D eigenvalue weighted by Crippen LogP contribution is 2.30. The Bertz CT molecular complexity index is 1160. The number of hydrogen-bond acceptors (Lipinski definition) is 5. The molecule has 0 fully saturated rings. The van der Waals surface area contributed by atoms with Crippen LogP contribution in [0.5, 0.6) is 11.5 Å². The van der Waals surface area contributed by atoms with E-state index in [0.717, 1.165) is 0 Å². The second-order valence-corrected chi connectivity index (χ2v) is 8.25. The Labute approximate surface area is 179 Å². The van der Waals surface area contributed by atoms with Gasteiger partial charge in [0, 0.05) is 5.02 Å². The number of methoxy groups -OCH3 is 2. The fraction of sp³-hybridized carbons (Fsp3) is 0.0952. The monoisotopic (exact) mass is 446 g/mol. The van der Waals surface area contributed by atoms with Crippen LogP contribution >= 0.6 is 11.6 Å². The zero-order valence-electron chi connectivity index (χ0n) is 16.2.